The molecule has 0 aliphatic carbocycles. The zero-order valence-corrected chi connectivity index (χ0v) is 13.9. The van der Waals surface area contributed by atoms with Crippen LogP contribution in [0.15, 0.2) is 60.8 Å². The summed E-state index contributed by atoms with van der Waals surface area (Å²) in [6.07, 6.45) is 1.02. The van der Waals surface area contributed by atoms with E-state index in [1.807, 2.05) is 19.1 Å². The van der Waals surface area contributed by atoms with Gasteiger partial charge in [-0.15, -0.1) is 0 Å². The van der Waals surface area contributed by atoms with E-state index in [0.717, 1.165) is 11.6 Å². The van der Waals surface area contributed by atoms with Gasteiger partial charge >= 0.3 is 0 Å². The molecule has 1 atom stereocenters. The predicted molar refractivity (Wildman–Crippen MR) is 94.9 cm³/mol. The van der Waals surface area contributed by atoms with Gasteiger partial charge in [0.15, 0.2) is 0 Å². The summed E-state index contributed by atoms with van der Waals surface area (Å²) >= 11 is 0. The number of amides is 1. The van der Waals surface area contributed by atoms with Gasteiger partial charge in [-0.2, -0.15) is 0 Å². The first-order valence-corrected chi connectivity index (χ1v) is 8.11. The number of rotatable bonds is 3. The number of nitrogens with zero attached hydrogens (tertiary/aromatic N) is 2. The number of aromatic nitrogens is 1. The maximum atomic E-state index is 14.1. The number of fused-ring (bicyclic) bond motifs is 1. The third-order valence-corrected chi connectivity index (χ3v) is 4.33. The Morgan fingerprint density at radius 1 is 1.08 bits per heavy atom. The van der Waals surface area contributed by atoms with Crippen molar-refractivity contribution < 1.29 is 13.6 Å². The van der Waals surface area contributed by atoms with Crippen LogP contribution in [0.3, 0.4) is 0 Å². The van der Waals surface area contributed by atoms with E-state index in [1.165, 1.54) is 17.0 Å². The minimum absolute atomic E-state index is 0.109. The lowest BCUT2D eigenvalue weighted by Crippen LogP contribution is -2.33. The molecule has 1 aromatic heterocycles. The lowest BCUT2D eigenvalue weighted by atomic mass is 10.1. The van der Waals surface area contributed by atoms with E-state index < -0.39 is 17.8 Å². The van der Waals surface area contributed by atoms with Gasteiger partial charge in [0.1, 0.15) is 23.6 Å². The molecule has 26 heavy (non-hydrogen) atoms. The van der Waals surface area contributed by atoms with Gasteiger partial charge in [0.2, 0.25) is 0 Å². The Hall–Kier alpha value is -3.28. The highest BCUT2D eigenvalue weighted by Gasteiger charge is 2.38. The minimum Gasteiger partial charge on any atom is -0.359 e. The number of pyridine rings is 1. The van der Waals surface area contributed by atoms with Crippen molar-refractivity contribution in [3.05, 3.63) is 89.1 Å². The van der Waals surface area contributed by atoms with Gasteiger partial charge in [-0.1, -0.05) is 24.3 Å². The standard InChI is InChI=1S/C20H15F2N3O/c1-12-6-9-18(23-11-12)25-19(14-4-2-3-5-15(14)20(25)26)24-17-8-7-13(21)10-16(17)22/h2-11,19,24H,1H3/t19-/m1/s1. The van der Waals surface area contributed by atoms with Crippen LogP contribution in [0.2, 0.25) is 0 Å². The average Bonchev–Trinajstić information content (AvgIpc) is 2.91. The number of aryl methyl sites for hydroxylation is 1. The molecule has 4 nitrogen and oxygen atoms in total. The Balaban J connectivity index is 1.79. The predicted octanol–water partition coefficient (Wildman–Crippen LogP) is 4.44. The number of anilines is 2. The smallest absolute Gasteiger partial charge is 0.261 e. The maximum absolute atomic E-state index is 14.1. The highest BCUT2D eigenvalue weighted by atomic mass is 19.1. The zero-order valence-electron chi connectivity index (χ0n) is 13.9. The highest BCUT2D eigenvalue weighted by Crippen LogP contribution is 2.37. The van der Waals surface area contributed by atoms with Gasteiger partial charge in [-0.25, -0.2) is 13.8 Å². The second-order valence-corrected chi connectivity index (χ2v) is 6.13. The van der Waals surface area contributed by atoms with Crippen molar-refractivity contribution in [1.29, 1.82) is 0 Å². The molecule has 0 spiro atoms. The number of hydrogen-bond acceptors (Lipinski definition) is 3. The van der Waals surface area contributed by atoms with E-state index in [4.69, 9.17) is 0 Å². The number of halogens is 2. The Labute approximate surface area is 149 Å². The van der Waals surface area contributed by atoms with Gasteiger partial charge in [0.05, 0.1) is 5.69 Å². The molecule has 0 fully saturated rings. The van der Waals surface area contributed by atoms with Crippen LogP contribution >= 0.6 is 0 Å². The van der Waals surface area contributed by atoms with Crippen molar-refractivity contribution in [1.82, 2.24) is 4.98 Å². The average molecular weight is 351 g/mol. The third kappa shape index (κ3) is 2.69. The fourth-order valence-electron chi connectivity index (χ4n) is 3.05. The summed E-state index contributed by atoms with van der Waals surface area (Å²) in [7, 11) is 0. The fraction of sp³-hybridized carbons (Fsp3) is 0.100. The minimum atomic E-state index is -0.723. The first-order chi connectivity index (χ1) is 12.5. The van der Waals surface area contributed by atoms with Crippen molar-refractivity contribution >= 4 is 17.4 Å². The van der Waals surface area contributed by atoms with Crippen LogP contribution in [0.25, 0.3) is 0 Å². The molecule has 130 valence electrons. The molecule has 0 saturated heterocycles. The van der Waals surface area contributed by atoms with Crippen LogP contribution in [0.4, 0.5) is 20.3 Å². The molecule has 1 N–H and O–H groups in total. The normalized spacial score (nSPS) is 15.9. The van der Waals surface area contributed by atoms with E-state index in [2.05, 4.69) is 10.3 Å². The molecule has 0 bridgehead atoms. The first-order valence-electron chi connectivity index (χ1n) is 8.11. The summed E-state index contributed by atoms with van der Waals surface area (Å²) in [6, 6.07) is 14.0. The number of carbonyl (C=O) groups is 1. The van der Waals surface area contributed by atoms with E-state index in [9.17, 15) is 13.6 Å². The third-order valence-electron chi connectivity index (χ3n) is 4.33. The van der Waals surface area contributed by atoms with Crippen molar-refractivity contribution in [2.45, 2.75) is 13.1 Å². The summed E-state index contributed by atoms with van der Waals surface area (Å²) in [5.74, 6) is -1.15. The molecule has 1 aliphatic heterocycles. The fourth-order valence-corrected chi connectivity index (χ4v) is 3.05. The molecule has 1 aliphatic rings. The molecule has 2 heterocycles. The van der Waals surface area contributed by atoms with Crippen LogP contribution in [-0.2, 0) is 0 Å². The van der Waals surface area contributed by atoms with Crippen LogP contribution in [0.1, 0.15) is 27.7 Å². The molecule has 4 rings (SSSR count). The van der Waals surface area contributed by atoms with Crippen molar-refractivity contribution in [3.63, 3.8) is 0 Å². The zero-order chi connectivity index (χ0) is 18.3. The largest absolute Gasteiger partial charge is 0.359 e. The van der Waals surface area contributed by atoms with E-state index in [1.54, 1.807) is 30.5 Å². The molecule has 0 saturated carbocycles. The summed E-state index contributed by atoms with van der Waals surface area (Å²) in [4.78, 5) is 18.7. The molecule has 1 amide bonds. The van der Waals surface area contributed by atoms with E-state index >= 15 is 0 Å². The molecule has 6 heteroatoms. The second-order valence-electron chi connectivity index (χ2n) is 6.13. The van der Waals surface area contributed by atoms with Crippen molar-refractivity contribution in [2.24, 2.45) is 0 Å². The molecule has 0 unspecified atom stereocenters. The van der Waals surface area contributed by atoms with Crippen molar-refractivity contribution in [2.75, 3.05) is 10.2 Å². The monoisotopic (exact) mass is 351 g/mol. The number of hydrogen-bond donors (Lipinski definition) is 1. The Morgan fingerprint density at radius 3 is 2.62 bits per heavy atom. The van der Waals surface area contributed by atoms with E-state index in [0.29, 0.717) is 16.9 Å². The number of benzene rings is 2. The first kappa shape index (κ1) is 16.2. The number of carbonyl (C=O) groups excluding carboxylic acids is 1. The van der Waals surface area contributed by atoms with Crippen LogP contribution in [0.5, 0.6) is 0 Å². The summed E-state index contributed by atoms with van der Waals surface area (Å²) in [5.41, 5.74) is 2.31. The Bertz CT molecular complexity index is 989. The summed E-state index contributed by atoms with van der Waals surface area (Å²) in [6.45, 7) is 1.90. The van der Waals surface area contributed by atoms with Gasteiger partial charge in [0, 0.05) is 23.4 Å². The second kappa shape index (κ2) is 6.22. The van der Waals surface area contributed by atoms with Gasteiger partial charge < -0.3 is 5.32 Å². The summed E-state index contributed by atoms with van der Waals surface area (Å²) in [5, 5.41) is 3.01. The molecular formula is C20H15F2N3O. The molecule has 2 aromatic carbocycles. The lowest BCUT2D eigenvalue weighted by Gasteiger charge is -2.26. The van der Waals surface area contributed by atoms with E-state index in [-0.39, 0.29) is 11.6 Å². The molecule has 0 radical (unpaired) electrons. The van der Waals surface area contributed by atoms with Gasteiger partial charge in [0.25, 0.3) is 5.91 Å². The Kier molecular flexibility index (Phi) is 3.88. The topological polar surface area (TPSA) is 45.2 Å². The lowest BCUT2D eigenvalue weighted by molar-refractivity contribution is 0.0992. The Morgan fingerprint density at radius 2 is 1.88 bits per heavy atom. The maximum Gasteiger partial charge on any atom is 0.261 e. The van der Waals surface area contributed by atoms with Crippen LogP contribution in [0, 0.1) is 18.6 Å². The number of nitrogens with one attached hydrogen (secondary N) is 1. The summed E-state index contributed by atoms with van der Waals surface area (Å²) < 4.78 is 27.3. The SMILES string of the molecule is Cc1ccc(N2C(=O)c3ccccc3[C@@H]2Nc2ccc(F)cc2F)nc1. The van der Waals surface area contributed by atoms with Crippen LogP contribution in [-0.4, -0.2) is 10.9 Å². The molecule has 3 aromatic rings. The van der Waals surface area contributed by atoms with Gasteiger partial charge in [-0.3, -0.25) is 9.69 Å². The quantitative estimate of drug-likeness (QED) is 0.759. The molecular weight excluding hydrogens is 336 g/mol. The highest BCUT2D eigenvalue weighted by molar-refractivity contribution is 6.11. The van der Waals surface area contributed by atoms with Crippen molar-refractivity contribution in [3.8, 4) is 0 Å². The van der Waals surface area contributed by atoms with Crippen LogP contribution < -0.4 is 10.2 Å². The van der Waals surface area contributed by atoms with Gasteiger partial charge in [-0.05, 0) is 36.8 Å².